The molecule has 5 nitrogen and oxygen atoms in total. The van der Waals surface area contributed by atoms with Gasteiger partial charge in [0, 0.05) is 21.5 Å². The first-order valence-electron chi connectivity index (χ1n) is 9.36. The number of amides is 1. The van der Waals surface area contributed by atoms with E-state index in [-0.39, 0.29) is 11.4 Å². The smallest absolute Gasteiger partial charge is 0.406 e. The predicted molar refractivity (Wildman–Crippen MR) is 117 cm³/mol. The first kappa shape index (κ1) is 21.5. The van der Waals surface area contributed by atoms with Gasteiger partial charge in [-0.05, 0) is 41.5 Å². The lowest BCUT2D eigenvalue weighted by Crippen LogP contribution is -2.19. The van der Waals surface area contributed by atoms with Crippen LogP contribution in [0.15, 0.2) is 77.9 Å². The van der Waals surface area contributed by atoms with Crippen LogP contribution in [0.2, 0.25) is 5.02 Å². The number of aromatic nitrogens is 1. The molecule has 0 aliphatic rings. The minimum atomic E-state index is -4.78. The van der Waals surface area contributed by atoms with E-state index in [0.717, 1.165) is 10.9 Å². The molecule has 0 fully saturated rings. The Morgan fingerprint density at radius 1 is 1.00 bits per heavy atom. The number of ether oxygens (including phenoxy) is 1. The summed E-state index contributed by atoms with van der Waals surface area (Å²) in [6.07, 6.45) is -3.31. The molecule has 3 aromatic carbocycles. The zero-order chi connectivity index (χ0) is 22.7. The van der Waals surface area contributed by atoms with Gasteiger partial charge in [-0.25, -0.2) is 5.43 Å². The fourth-order valence-electron chi connectivity index (χ4n) is 3.21. The number of alkyl halides is 3. The maximum absolute atomic E-state index is 12.9. The molecule has 0 saturated carbocycles. The summed E-state index contributed by atoms with van der Waals surface area (Å²) in [5.41, 5.74) is 5.22. The Labute approximate surface area is 185 Å². The quantitative estimate of drug-likeness (QED) is 0.279. The lowest BCUT2D eigenvalue weighted by molar-refractivity contribution is -0.274. The molecule has 0 spiro atoms. The van der Waals surface area contributed by atoms with Crippen LogP contribution in [-0.2, 0) is 0 Å². The molecule has 1 amide bonds. The van der Waals surface area contributed by atoms with Crippen LogP contribution in [0, 0.1) is 0 Å². The third kappa shape index (κ3) is 4.92. The molecule has 0 bridgehead atoms. The van der Waals surface area contributed by atoms with Crippen LogP contribution in [0.5, 0.6) is 5.75 Å². The topological polar surface area (TPSA) is 66.5 Å². The van der Waals surface area contributed by atoms with Crippen molar-refractivity contribution in [1.82, 2.24) is 10.4 Å². The van der Waals surface area contributed by atoms with Gasteiger partial charge in [-0.1, -0.05) is 54.1 Å². The summed E-state index contributed by atoms with van der Waals surface area (Å²) >= 11 is 5.85. The van der Waals surface area contributed by atoms with Crippen molar-refractivity contribution in [2.24, 2.45) is 5.10 Å². The van der Waals surface area contributed by atoms with Crippen molar-refractivity contribution in [2.75, 3.05) is 0 Å². The van der Waals surface area contributed by atoms with Crippen molar-refractivity contribution in [2.45, 2.75) is 6.36 Å². The number of para-hydroxylation sites is 1. The Morgan fingerprint density at radius 2 is 1.69 bits per heavy atom. The van der Waals surface area contributed by atoms with Crippen LogP contribution in [0.25, 0.3) is 22.0 Å². The van der Waals surface area contributed by atoms with E-state index in [9.17, 15) is 18.0 Å². The third-order valence-corrected chi connectivity index (χ3v) is 4.81. The van der Waals surface area contributed by atoms with Gasteiger partial charge >= 0.3 is 6.36 Å². The highest BCUT2D eigenvalue weighted by Gasteiger charge is 2.31. The Kier molecular flexibility index (Phi) is 5.87. The number of fused-ring (bicyclic) bond motifs is 1. The third-order valence-electron chi connectivity index (χ3n) is 4.56. The van der Waals surface area contributed by atoms with Gasteiger partial charge in [0.05, 0.1) is 6.21 Å². The van der Waals surface area contributed by atoms with Gasteiger partial charge in [0.1, 0.15) is 11.4 Å². The normalized spacial score (nSPS) is 11.8. The van der Waals surface area contributed by atoms with E-state index in [1.165, 1.54) is 30.5 Å². The molecule has 4 aromatic rings. The first-order chi connectivity index (χ1) is 15.3. The zero-order valence-corrected chi connectivity index (χ0v) is 17.0. The van der Waals surface area contributed by atoms with Crippen LogP contribution in [-0.4, -0.2) is 23.5 Å². The van der Waals surface area contributed by atoms with Crippen molar-refractivity contribution in [1.29, 1.82) is 0 Å². The molecular formula is C23H15ClF3N3O2. The molecule has 0 aliphatic heterocycles. The second-order valence-electron chi connectivity index (χ2n) is 6.74. The SMILES string of the molecule is O=C(NN=Cc1ccc(Cl)cc1)c1[nH]c2ccccc2c1-c1ccc(OC(F)(F)F)cc1. The number of carbonyl (C=O) groups excluding carboxylic acids is 1. The lowest BCUT2D eigenvalue weighted by atomic mass is 10.0. The van der Waals surface area contributed by atoms with Crippen molar-refractivity contribution in [3.63, 3.8) is 0 Å². The number of nitrogens with zero attached hydrogens (tertiary/aromatic N) is 1. The van der Waals surface area contributed by atoms with Crippen LogP contribution in [0.3, 0.4) is 0 Å². The summed E-state index contributed by atoms with van der Waals surface area (Å²) in [7, 11) is 0. The minimum Gasteiger partial charge on any atom is -0.406 e. The molecule has 2 N–H and O–H groups in total. The Morgan fingerprint density at radius 3 is 2.38 bits per heavy atom. The number of halogens is 4. The van der Waals surface area contributed by atoms with E-state index in [1.54, 1.807) is 36.4 Å². The zero-order valence-electron chi connectivity index (χ0n) is 16.3. The van der Waals surface area contributed by atoms with Gasteiger partial charge < -0.3 is 9.72 Å². The molecule has 32 heavy (non-hydrogen) atoms. The molecule has 162 valence electrons. The van der Waals surface area contributed by atoms with Crippen LogP contribution in [0.4, 0.5) is 13.2 Å². The molecule has 0 unspecified atom stereocenters. The van der Waals surface area contributed by atoms with E-state index in [4.69, 9.17) is 11.6 Å². The molecule has 9 heteroatoms. The number of hydrogen-bond donors (Lipinski definition) is 2. The van der Waals surface area contributed by atoms with E-state index in [2.05, 4.69) is 20.2 Å². The number of aromatic amines is 1. The van der Waals surface area contributed by atoms with E-state index in [1.807, 2.05) is 12.1 Å². The first-order valence-corrected chi connectivity index (χ1v) is 9.74. The largest absolute Gasteiger partial charge is 0.573 e. The highest BCUT2D eigenvalue weighted by Crippen LogP contribution is 2.34. The fraction of sp³-hybridized carbons (Fsp3) is 0.0435. The summed E-state index contributed by atoms with van der Waals surface area (Å²) in [5.74, 6) is -0.850. The Balaban J connectivity index is 1.64. The van der Waals surface area contributed by atoms with E-state index >= 15 is 0 Å². The number of nitrogens with one attached hydrogen (secondary N) is 2. The molecule has 0 saturated heterocycles. The summed E-state index contributed by atoms with van der Waals surface area (Å²) in [4.78, 5) is 15.9. The van der Waals surface area contributed by atoms with Crippen LogP contribution >= 0.6 is 11.6 Å². The molecule has 0 atom stereocenters. The van der Waals surface area contributed by atoms with Gasteiger partial charge in [0.15, 0.2) is 0 Å². The van der Waals surface area contributed by atoms with Gasteiger partial charge in [0.2, 0.25) is 0 Å². The summed E-state index contributed by atoms with van der Waals surface area (Å²) < 4.78 is 41.3. The van der Waals surface area contributed by atoms with Gasteiger partial charge in [-0.2, -0.15) is 5.10 Å². The molecule has 0 radical (unpaired) electrons. The highest BCUT2D eigenvalue weighted by atomic mass is 35.5. The lowest BCUT2D eigenvalue weighted by Gasteiger charge is -2.10. The highest BCUT2D eigenvalue weighted by molar-refractivity contribution is 6.30. The summed E-state index contributed by atoms with van der Waals surface area (Å²) in [6.45, 7) is 0. The van der Waals surface area contributed by atoms with Crippen LogP contribution in [0.1, 0.15) is 16.1 Å². The molecule has 1 aromatic heterocycles. The number of hydrogen-bond acceptors (Lipinski definition) is 3. The number of H-pyrrole nitrogens is 1. The maximum Gasteiger partial charge on any atom is 0.573 e. The Bertz CT molecular complexity index is 1280. The van der Waals surface area contributed by atoms with Gasteiger partial charge in [0.25, 0.3) is 5.91 Å². The van der Waals surface area contributed by atoms with Crippen molar-refractivity contribution >= 4 is 34.6 Å². The molecule has 0 aliphatic carbocycles. The molecule has 1 heterocycles. The van der Waals surface area contributed by atoms with Crippen molar-refractivity contribution in [3.05, 3.63) is 89.1 Å². The standard InChI is InChI=1S/C23H15ClF3N3O2/c24-16-9-5-14(6-10-16)13-28-30-22(31)21-20(18-3-1-2-4-19(18)29-21)15-7-11-17(12-8-15)32-23(25,26)27/h1-13,29H,(H,30,31). The van der Waals surface area contributed by atoms with Crippen molar-refractivity contribution < 1.29 is 22.7 Å². The van der Waals surface area contributed by atoms with E-state index in [0.29, 0.717) is 21.7 Å². The monoisotopic (exact) mass is 457 g/mol. The second-order valence-corrected chi connectivity index (χ2v) is 7.18. The maximum atomic E-state index is 12.9. The minimum absolute atomic E-state index is 0.226. The molecular weight excluding hydrogens is 443 g/mol. The van der Waals surface area contributed by atoms with Crippen molar-refractivity contribution in [3.8, 4) is 16.9 Å². The van der Waals surface area contributed by atoms with Gasteiger partial charge in [-0.3, -0.25) is 4.79 Å². The number of benzene rings is 3. The summed E-state index contributed by atoms with van der Waals surface area (Å²) in [6, 6.07) is 19.4. The summed E-state index contributed by atoms with van der Waals surface area (Å²) in [5, 5.41) is 5.30. The number of rotatable bonds is 5. The second kappa shape index (κ2) is 8.76. The number of hydrazone groups is 1. The average Bonchev–Trinajstić information content (AvgIpc) is 3.14. The number of carbonyl (C=O) groups is 1. The van der Waals surface area contributed by atoms with Crippen LogP contribution < -0.4 is 10.2 Å². The molecule has 4 rings (SSSR count). The Hall–Kier alpha value is -3.78. The average molecular weight is 458 g/mol. The van der Waals surface area contributed by atoms with E-state index < -0.39 is 12.3 Å². The fourth-order valence-corrected chi connectivity index (χ4v) is 3.33. The van der Waals surface area contributed by atoms with Gasteiger partial charge in [-0.15, -0.1) is 13.2 Å². The predicted octanol–water partition coefficient (Wildman–Crippen LogP) is 6.15.